The number of anilines is 2. The summed E-state index contributed by atoms with van der Waals surface area (Å²) in [5.41, 5.74) is 1.33. The van der Waals surface area contributed by atoms with Crippen LogP contribution in [0.2, 0.25) is 0 Å². The van der Waals surface area contributed by atoms with Crippen LogP contribution in [-0.4, -0.2) is 60.2 Å². The second kappa shape index (κ2) is 8.93. The average Bonchev–Trinajstić information content (AvgIpc) is 2.76. The number of nitrogens with zero attached hydrogens (tertiary/aromatic N) is 3. The number of para-hydroxylation sites is 1. The molecular formula is C21H22FN5O2. The maximum atomic E-state index is 13.2. The highest BCUT2D eigenvalue weighted by Crippen LogP contribution is 2.24. The largest absolute Gasteiger partial charge is 0.379 e. The van der Waals surface area contributed by atoms with Crippen molar-refractivity contribution in [3.63, 3.8) is 0 Å². The minimum absolute atomic E-state index is 0.0929. The third-order valence-corrected chi connectivity index (χ3v) is 4.73. The highest BCUT2D eigenvalue weighted by molar-refractivity contribution is 5.97. The van der Waals surface area contributed by atoms with Gasteiger partial charge in [0.05, 0.1) is 18.7 Å². The third kappa shape index (κ3) is 4.85. The van der Waals surface area contributed by atoms with Crippen molar-refractivity contribution in [2.75, 3.05) is 44.7 Å². The van der Waals surface area contributed by atoms with Crippen molar-refractivity contribution in [3.05, 3.63) is 60.2 Å². The van der Waals surface area contributed by atoms with Crippen molar-refractivity contribution in [1.29, 1.82) is 0 Å². The number of amides is 1. The Kier molecular flexibility index (Phi) is 5.92. The molecule has 7 nitrogen and oxygen atoms in total. The Balaban J connectivity index is 1.51. The van der Waals surface area contributed by atoms with E-state index in [0.717, 1.165) is 38.2 Å². The smallest absolute Gasteiger partial charge is 0.289 e. The van der Waals surface area contributed by atoms with Gasteiger partial charge in [-0.3, -0.25) is 9.69 Å². The summed E-state index contributed by atoms with van der Waals surface area (Å²) >= 11 is 0. The van der Waals surface area contributed by atoms with E-state index in [-0.39, 0.29) is 17.5 Å². The van der Waals surface area contributed by atoms with Gasteiger partial charge in [-0.15, -0.1) is 0 Å². The Morgan fingerprint density at radius 2 is 1.83 bits per heavy atom. The molecule has 0 radical (unpaired) electrons. The molecule has 0 spiro atoms. The first-order valence-corrected chi connectivity index (χ1v) is 9.57. The van der Waals surface area contributed by atoms with Crippen LogP contribution < -0.4 is 10.6 Å². The van der Waals surface area contributed by atoms with Crippen LogP contribution in [0.1, 0.15) is 10.6 Å². The molecule has 0 aliphatic carbocycles. The zero-order valence-corrected chi connectivity index (χ0v) is 15.9. The van der Waals surface area contributed by atoms with Gasteiger partial charge in [0.2, 0.25) is 5.82 Å². The normalized spacial score (nSPS) is 14.7. The second-order valence-corrected chi connectivity index (χ2v) is 6.75. The molecule has 1 aliphatic rings. The standard InChI is InChI=1S/C21H22FN5O2/c22-15-5-7-16(8-6-15)24-19-17-3-1-2-4-18(17)25-20(26-19)21(28)23-9-10-27-11-13-29-14-12-27/h1-8H,9-14H2,(H,23,28)(H,24,25,26). The van der Waals surface area contributed by atoms with Gasteiger partial charge in [-0.25, -0.2) is 14.4 Å². The molecule has 1 aliphatic heterocycles. The summed E-state index contributed by atoms with van der Waals surface area (Å²) in [6.45, 7) is 4.45. The quantitative estimate of drug-likeness (QED) is 0.668. The number of carbonyl (C=O) groups is 1. The van der Waals surface area contributed by atoms with Gasteiger partial charge in [-0.1, -0.05) is 12.1 Å². The molecule has 1 aromatic heterocycles. The van der Waals surface area contributed by atoms with Gasteiger partial charge in [0.25, 0.3) is 5.91 Å². The molecule has 1 amide bonds. The van der Waals surface area contributed by atoms with Crippen molar-refractivity contribution < 1.29 is 13.9 Å². The molecule has 150 valence electrons. The van der Waals surface area contributed by atoms with Crippen LogP contribution in [-0.2, 0) is 4.74 Å². The number of hydrogen-bond acceptors (Lipinski definition) is 6. The van der Waals surface area contributed by atoms with Crippen LogP contribution in [0, 0.1) is 5.82 Å². The van der Waals surface area contributed by atoms with Gasteiger partial charge in [0.1, 0.15) is 11.6 Å². The number of carbonyl (C=O) groups excluding carboxylic acids is 1. The zero-order valence-electron chi connectivity index (χ0n) is 15.9. The van der Waals surface area contributed by atoms with E-state index in [1.165, 1.54) is 12.1 Å². The van der Waals surface area contributed by atoms with Gasteiger partial charge >= 0.3 is 0 Å². The maximum Gasteiger partial charge on any atom is 0.289 e. The van der Waals surface area contributed by atoms with Crippen LogP contribution in [0.15, 0.2) is 48.5 Å². The molecule has 1 saturated heterocycles. The number of benzene rings is 2. The summed E-state index contributed by atoms with van der Waals surface area (Å²) in [6, 6.07) is 13.4. The lowest BCUT2D eigenvalue weighted by atomic mass is 10.2. The summed E-state index contributed by atoms with van der Waals surface area (Å²) in [5.74, 6) is -0.0505. The summed E-state index contributed by atoms with van der Waals surface area (Å²) in [7, 11) is 0. The van der Waals surface area contributed by atoms with E-state index < -0.39 is 0 Å². The lowest BCUT2D eigenvalue weighted by Crippen LogP contribution is -2.41. The number of rotatable bonds is 6. The van der Waals surface area contributed by atoms with Crippen LogP contribution in [0.25, 0.3) is 10.9 Å². The first kappa shape index (κ1) is 19.2. The molecule has 2 N–H and O–H groups in total. The van der Waals surface area contributed by atoms with Gasteiger partial charge in [0, 0.05) is 37.3 Å². The monoisotopic (exact) mass is 395 g/mol. The molecule has 0 unspecified atom stereocenters. The van der Waals surface area contributed by atoms with Crippen LogP contribution in [0.4, 0.5) is 15.9 Å². The molecule has 1 fully saturated rings. The molecule has 3 aromatic rings. The fourth-order valence-electron chi connectivity index (χ4n) is 3.17. The second-order valence-electron chi connectivity index (χ2n) is 6.75. The predicted molar refractivity (Wildman–Crippen MR) is 109 cm³/mol. The first-order valence-electron chi connectivity index (χ1n) is 9.57. The van der Waals surface area contributed by atoms with Gasteiger partial charge < -0.3 is 15.4 Å². The summed E-state index contributed by atoms with van der Waals surface area (Å²) < 4.78 is 18.5. The number of morpholine rings is 1. The van der Waals surface area contributed by atoms with Gasteiger partial charge in [-0.05, 0) is 36.4 Å². The van der Waals surface area contributed by atoms with Crippen molar-refractivity contribution in [2.45, 2.75) is 0 Å². The lowest BCUT2D eigenvalue weighted by molar-refractivity contribution is 0.0383. The average molecular weight is 395 g/mol. The minimum Gasteiger partial charge on any atom is -0.379 e. The first-order chi connectivity index (χ1) is 14.2. The summed E-state index contributed by atoms with van der Waals surface area (Å²) in [4.78, 5) is 23.7. The topological polar surface area (TPSA) is 79.4 Å². The van der Waals surface area contributed by atoms with E-state index in [1.54, 1.807) is 12.1 Å². The number of fused-ring (bicyclic) bond motifs is 1. The molecule has 2 heterocycles. The minimum atomic E-state index is -0.328. The Labute approximate surface area is 167 Å². The van der Waals surface area contributed by atoms with Crippen LogP contribution in [0.5, 0.6) is 0 Å². The number of halogens is 1. The number of nitrogens with one attached hydrogen (secondary N) is 2. The molecule has 0 atom stereocenters. The Morgan fingerprint density at radius 1 is 1.07 bits per heavy atom. The van der Waals surface area contributed by atoms with E-state index in [1.807, 2.05) is 24.3 Å². The van der Waals surface area contributed by atoms with E-state index in [4.69, 9.17) is 4.74 Å². The van der Waals surface area contributed by atoms with Gasteiger partial charge in [-0.2, -0.15) is 0 Å². The lowest BCUT2D eigenvalue weighted by Gasteiger charge is -2.26. The fraction of sp³-hybridized carbons (Fsp3) is 0.286. The van der Waals surface area contributed by atoms with Crippen molar-refractivity contribution in [3.8, 4) is 0 Å². The molecule has 29 heavy (non-hydrogen) atoms. The van der Waals surface area contributed by atoms with Crippen LogP contribution in [0.3, 0.4) is 0 Å². The number of aromatic nitrogens is 2. The maximum absolute atomic E-state index is 13.2. The number of hydrogen-bond donors (Lipinski definition) is 2. The zero-order chi connectivity index (χ0) is 20.1. The molecular weight excluding hydrogens is 373 g/mol. The predicted octanol–water partition coefficient (Wildman–Crippen LogP) is 2.57. The van der Waals surface area contributed by atoms with Crippen molar-refractivity contribution in [1.82, 2.24) is 20.2 Å². The number of ether oxygens (including phenoxy) is 1. The van der Waals surface area contributed by atoms with Crippen LogP contribution >= 0.6 is 0 Å². The molecule has 8 heteroatoms. The Bertz CT molecular complexity index is 990. The molecule has 0 saturated carbocycles. The SMILES string of the molecule is O=C(NCCN1CCOCC1)c1nc(Nc2ccc(F)cc2)c2ccccc2n1. The van der Waals surface area contributed by atoms with E-state index in [9.17, 15) is 9.18 Å². The molecule has 4 rings (SSSR count). The van der Waals surface area contributed by atoms with E-state index >= 15 is 0 Å². The van der Waals surface area contributed by atoms with Gasteiger partial charge in [0.15, 0.2) is 0 Å². The fourth-order valence-corrected chi connectivity index (χ4v) is 3.17. The Morgan fingerprint density at radius 3 is 2.62 bits per heavy atom. The summed E-state index contributed by atoms with van der Waals surface area (Å²) in [5, 5.41) is 6.82. The molecule has 0 bridgehead atoms. The molecule has 2 aromatic carbocycles. The Hall–Kier alpha value is -3.10. The summed E-state index contributed by atoms with van der Waals surface area (Å²) in [6.07, 6.45) is 0. The van der Waals surface area contributed by atoms with E-state index in [2.05, 4.69) is 25.5 Å². The third-order valence-electron chi connectivity index (χ3n) is 4.73. The highest BCUT2D eigenvalue weighted by Gasteiger charge is 2.15. The highest BCUT2D eigenvalue weighted by atomic mass is 19.1. The van der Waals surface area contributed by atoms with E-state index in [0.29, 0.717) is 23.6 Å². The van der Waals surface area contributed by atoms with Crippen molar-refractivity contribution in [2.24, 2.45) is 0 Å². The van der Waals surface area contributed by atoms with Crippen molar-refractivity contribution >= 4 is 28.3 Å².